The highest BCUT2D eigenvalue weighted by molar-refractivity contribution is 5.42. The van der Waals surface area contributed by atoms with Crippen LogP contribution in [-0.4, -0.2) is 29.8 Å². The zero-order valence-electron chi connectivity index (χ0n) is 8.85. The van der Waals surface area contributed by atoms with Gasteiger partial charge in [0.2, 0.25) is 5.95 Å². The minimum absolute atomic E-state index is 0.613. The van der Waals surface area contributed by atoms with Crippen LogP contribution in [0.2, 0.25) is 0 Å². The van der Waals surface area contributed by atoms with Gasteiger partial charge in [0.15, 0.2) is 5.65 Å². The van der Waals surface area contributed by atoms with Crippen LogP contribution < -0.4 is 5.32 Å². The number of anilines is 1. The van der Waals surface area contributed by atoms with Crippen LogP contribution in [0.5, 0.6) is 0 Å². The van der Waals surface area contributed by atoms with Gasteiger partial charge in [-0.3, -0.25) is 0 Å². The monoisotopic (exact) mass is 227 g/mol. The minimum atomic E-state index is 0.613. The predicted octanol–water partition coefficient (Wildman–Crippen LogP) is 0.526. The number of nitrogens with zero attached hydrogens (tertiary/aromatic N) is 6. The fourth-order valence-electron chi connectivity index (χ4n) is 1.48. The quantitative estimate of drug-likeness (QED) is 0.702. The van der Waals surface area contributed by atoms with Gasteiger partial charge in [0.25, 0.3) is 0 Å². The Balaban J connectivity index is 1.84. The first-order valence-corrected chi connectivity index (χ1v) is 5.08. The summed E-state index contributed by atoms with van der Waals surface area (Å²) in [7, 11) is 0. The summed E-state index contributed by atoms with van der Waals surface area (Å²) < 4.78 is 1.65. The molecule has 0 atom stereocenters. The number of nitrogens with one attached hydrogen (secondary N) is 1. The van der Waals surface area contributed by atoms with E-state index in [2.05, 4.69) is 30.6 Å². The highest BCUT2D eigenvalue weighted by atomic mass is 15.3. The van der Waals surface area contributed by atoms with E-state index in [1.165, 1.54) is 6.33 Å². The van der Waals surface area contributed by atoms with Crippen molar-refractivity contribution in [1.29, 1.82) is 0 Å². The van der Waals surface area contributed by atoms with Gasteiger partial charge >= 0.3 is 0 Å². The lowest BCUT2D eigenvalue weighted by Gasteiger charge is -2.05. The van der Waals surface area contributed by atoms with Gasteiger partial charge < -0.3 is 5.32 Å². The van der Waals surface area contributed by atoms with Gasteiger partial charge in [0.1, 0.15) is 6.33 Å². The average Bonchev–Trinajstić information content (AvgIpc) is 2.86. The molecule has 0 aliphatic rings. The Morgan fingerprint density at radius 1 is 1.12 bits per heavy atom. The Bertz CT molecular complexity index is 619. The smallest absolute Gasteiger partial charge is 0.227 e. The van der Waals surface area contributed by atoms with E-state index in [0.29, 0.717) is 12.5 Å². The van der Waals surface area contributed by atoms with Gasteiger partial charge in [-0.1, -0.05) is 0 Å². The third-order valence-electron chi connectivity index (χ3n) is 2.29. The third-order valence-corrected chi connectivity index (χ3v) is 2.29. The molecule has 0 saturated carbocycles. The normalized spacial score (nSPS) is 10.6. The standard InChI is InChI=1S/C10H9N7/c1-3-14-15-6-8(1)5-11-10-13-7-12-9-2-4-16-17(9)10/h1-4,6-7H,5H2,(H,11,12,13). The summed E-state index contributed by atoms with van der Waals surface area (Å²) in [6.07, 6.45) is 6.54. The predicted molar refractivity (Wildman–Crippen MR) is 60.1 cm³/mol. The topological polar surface area (TPSA) is 80.9 Å². The Morgan fingerprint density at radius 2 is 2.12 bits per heavy atom. The minimum Gasteiger partial charge on any atom is -0.350 e. The van der Waals surface area contributed by atoms with E-state index in [1.54, 1.807) is 23.1 Å². The second-order valence-electron chi connectivity index (χ2n) is 3.40. The van der Waals surface area contributed by atoms with Gasteiger partial charge in [0.05, 0.1) is 12.4 Å². The number of rotatable bonds is 3. The first-order chi connectivity index (χ1) is 8.43. The van der Waals surface area contributed by atoms with E-state index in [4.69, 9.17) is 0 Å². The van der Waals surface area contributed by atoms with Gasteiger partial charge in [-0.15, -0.1) is 0 Å². The molecule has 1 N–H and O–H groups in total. The van der Waals surface area contributed by atoms with Crippen LogP contribution in [0.25, 0.3) is 5.65 Å². The summed E-state index contributed by atoms with van der Waals surface area (Å²) in [6, 6.07) is 3.71. The third kappa shape index (κ3) is 1.89. The lowest BCUT2D eigenvalue weighted by atomic mass is 10.3. The molecule has 0 radical (unpaired) electrons. The van der Waals surface area contributed by atoms with Gasteiger partial charge in [-0.2, -0.15) is 19.8 Å². The van der Waals surface area contributed by atoms with Crippen LogP contribution in [0.15, 0.2) is 37.1 Å². The van der Waals surface area contributed by atoms with Crippen molar-refractivity contribution >= 4 is 11.6 Å². The van der Waals surface area contributed by atoms with Crippen molar-refractivity contribution in [2.75, 3.05) is 5.32 Å². The van der Waals surface area contributed by atoms with Gasteiger partial charge in [-0.05, 0) is 11.6 Å². The Hall–Kier alpha value is -2.57. The summed E-state index contributed by atoms with van der Waals surface area (Å²) >= 11 is 0. The zero-order chi connectivity index (χ0) is 11.5. The van der Waals surface area contributed by atoms with Crippen LogP contribution in [0, 0.1) is 0 Å². The molecule has 0 aliphatic heterocycles. The highest BCUT2D eigenvalue weighted by Crippen LogP contribution is 2.06. The number of hydrogen-bond acceptors (Lipinski definition) is 6. The van der Waals surface area contributed by atoms with Crippen LogP contribution in [0.1, 0.15) is 5.56 Å². The van der Waals surface area contributed by atoms with Gasteiger partial charge in [-0.25, -0.2) is 9.97 Å². The fourth-order valence-corrected chi connectivity index (χ4v) is 1.48. The molecule has 0 aliphatic carbocycles. The van der Waals surface area contributed by atoms with E-state index in [9.17, 15) is 0 Å². The maximum absolute atomic E-state index is 4.14. The fraction of sp³-hybridized carbons (Fsp3) is 0.100. The number of fused-ring (bicyclic) bond motifs is 1. The molecular weight excluding hydrogens is 218 g/mol. The second-order valence-corrected chi connectivity index (χ2v) is 3.40. The summed E-state index contributed by atoms with van der Waals surface area (Å²) in [5.74, 6) is 0.650. The first-order valence-electron chi connectivity index (χ1n) is 5.08. The lowest BCUT2D eigenvalue weighted by molar-refractivity contribution is 0.877. The van der Waals surface area contributed by atoms with Crippen LogP contribution in [-0.2, 0) is 6.54 Å². The molecule has 0 spiro atoms. The number of hydrogen-bond donors (Lipinski definition) is 1. The molecule has 84 valence electrons. The van der Waals surface area contributed by atoms with E-state index in [1.807, 2.05) is 12.1 Å². The second kappa shape index (κ2) is 4.12. The summed E-state index contributed by atoms with van der Waals surface area (Å²) in [5, 5.41) is 14.8. The van der Waals surface area contributed by atoms with Crippen molar-refractivity contribution in [2.24, 2.45) is 0 Å². The van der Waals surface area contributed by atoms with E-state index in [-0.39, 0.29) is 0 Å². The SMILES string of the molecule is c1cc(CNc2ncnc3ccnn23)cnn1. The molecule has 0 fully saturated rings. The summed E-state index contributed by atoms with van der Waals surface area (Å²) in [6.45, 7) is 0.613. The molecule has 3 aromatic rings. The molecule has 0 unspecified atom stereocenters. The molecule has 0 saturated heterocycles. The molecule has 7 nitrogen and oxygen atoms in total. The van der Waals surface area contributed by atoms with E-state index >= 15 is 0 Å². The summed E-state index contributed by atoms with van der Waals surface area (Å²) in [4.78, 5) is 8.22. The van der Waals surface area contributed by atoms with Crippen LogP contribution in [0.4, 0.5) is 5.95 Å². The molecule has 0 aromatic carbocycles. The molecule has 3 rings (SSSR count). The van der Waals surface area contributed by atoms with Crippen LogP contribution in [0.3, 0.4) is 0 Å². The largest absolute Gasteiger partial charge is 0.350 e. The first kappa shape index (κ1) is 9.64. The van der Waals surface area contributed by atoms with Crippen molar-refractivity contribution < 1.29 is 0 Å². The molecular formula is C10H9N7. The molecule has 3 heterocycles. The highest BCUT2D eigenvalue weighted by Gasteiger charge is 2.02. The zero-order valence-corrected chi connectivity index (χ0v) is 8.85. The van der Waals surface area contributed by atoms with Crippen molar-refractivity contribution in [3.05, 3.63) is 42.6 Å². The Morgan fingerprint density at radius 3 is 3.00 bits per heavy atom. The average molecular weight is 227 g/mol. The maximum atomic E-state index is 4.14. The van der Waals surface area contributed by atoms with Gasteiger partial charge in [0, 0.05) is 18.8 Å². The summed E-state index contributed by atoms with van der Waals surface area (Å²) in [5.41, 5.74) is 1.79. The Kier molecular flexibility index (Phi) is 2.34. The van der Waals surface area contributed by atoms with Crippen molar-refractivity contribution in [3.8, 4) is 0 Å². The molecule has 17 heavy (non-hydrogen) atoms. The lowest BCUT2D eigenvalue weighted by Crippen LogP contribution is -2.08. The van der Waals surface area contributed by atoms with Crippen molar-refractivity contribution in [1.82, 2.24) is 29.8 Å². The maximum Gasteiger partial charge on any atom is 0.227 e. The molecule has 0 bridgehead atoms. The molecule has 0 amide bonds. The van der Waals surface area contributed by atoms with E-state index in [0.717, 1.165) is 11.2 Å². The van der Waals surface area contributed by atoms with Crippen molar-refractivity contribution in [3.63, 3.8) is 0 Å². The molecule has 3 aromatic heterocycles. The van der Waals surface area contributed by atoms with E-state index < -0.39 is 0 Å². The Labute approximate surface area is 96.6 Å². The number of aromatic nitrogens is 6. The van der Waals surface area contributed by atoms with Crippen LogP contribution >= 0.6 is 0 Å². The van der Waals surface area contributed by atoms with Crippen molar-refractivity contribution in [2.45, 2.75) is 6.54 Å². The molecule has 7 heteroatoms.